The summed E-state index contributed by atoms with van der Waals surface area (Å²) in [6.07, 6.45) is -0.607. The Morgan fingerprint density at radius 1 is 1.08 bits per heavy atom. The largest absolute Gasteiger partial charge is 0.471 e. The molecule has 26 heavy (non-hydrogen) atoms. The van der Waals surface area contributed by atoms with Crippen LogP contribution in [0.4, 0.5) is 10.5 Å². The van der Waals surface area contributed by atoms with Crippen LogP contribution in [0.25, 0.3) is 0 Å². The van der Waals surface area contributed by atoms with Gasteiger partial charge >= 0.3 is 6.03 Å². The van der Waals surface area contributed by atoms with Gasteiger partial charge in [0.2, 0.25) is 0 Å². The lowest BCUT2D eigenvalue weighted by Gasteiger charge is -2.17. The van der Waals surface area contributed by atoms with Crippen molar-refractivity contribution in [3.05, 3.63) is 54.1 Å². The highest BCUT2D eigenvalue weighted by Crippen LogP contribution is 2.19. The smallest absolute Gasteiger partial charge is 0.322 e. The van der Waals surface area contributed by atoms with Crippen LogP contribution in [0.15, 0.2) is 53.4 Å². The van der Waals surface area contributed by atoms with Gasteiger partial charge in [-0.15, -0.1) is 0 Å². The minimum absolute atomic E-state index is 0.228. The van der Waals surface area contributed by atoms with Crippen LogP contribution >= 0.6 is 0 Å². The molecule has 0 aliphatic rings. The SMILES string of the molecule is CC(NC(=O)Nc1cccc(S(=O)(=O)O)c1)Oc1ccc(C(C)C)cc1. The first-order valence-electron chi connectivity index (χ1n) is 8.07. The third-order valence-electron chi connectivity index (χ3n) is 3.58. The van der Waals surface area contributed by atoms with Gasteiger partial charge in [-0.1, -0.05) is 32.0 Å². The van der Waals surface area contributed by atoms with Crippen molar-refractivity contribution in [2.24, 2.45) is 0 Å². The van der Waals surface area contributed by atoms with E-state index >= 15 is 0 Å². The van der Waals surface area contributed by atoms with Crippen LogP contribution in [0.1, 0.15) is 32.3 Å². The standard InChI is InChI=1S/C18H22N2O5S/c1-12(2)14-7-9-16(10-8-14)25-13(3)19-18(21)20-15-5-4-6-17(11-15)26(22,23)24/h4-13H,1-3H3,(H2,19,20,21)(H,22,23,24). The molecule has 7 nitrogen and oxygen atoms in total. The second-order valence-corrected chi connectivity index (χ2v) is 7.51. The number of rotatable bonds is 6. The summed E-state index contributed by atoms with van der Waals surface area (Å²) in [5.74, 6) is 1.04. The predicted molar refractivity (Wildman–Crippen MR) is 99.0 cm³/mol. The molecule has 0 spiro atoms. The third kappa shape index (κ3) is 5.75. The van der Waals surface area contributed by atoms with E-state index in [1.807, 2.05) is 24.3 Å². The number of carbonyl (C=O) groups is 1. The molecule has 0 bridgehead atoms. The van der Waals surface area contributed by atoms with Crippen LogP contribution in [0, 0.1) is 0 Å². The maximum atomic E-state index is 12.0. The second-order valence-electron chi connectivity index (χ2n) is 6.09. The first-order chi connectivity index (χ1) is 12.1. The van der Waals surface area contributed by atoms with Crippen LogP contribution in [-0.4, -0.2) is 25.2 Å². The molecule has 1 atom stereocenters. The lowest BCUT2D eigenvalue weighted by atomic mass is 10.0. The summed E-state index contributed by atoms with van der Waals surface area (Å²) < 4.78 is 36.9. The molecule has 2 aromatic carbocycles. The topological polar surface area (TPSA) is 105 Å². The molecule has 0 saturated heterocycles. The Labute approximate surface area is 153 Å². The third-order valence-corrected chi connectivity index (χ3v) is 4.43. The molecule has 1 unspecified atom stereocenters. The molecule has 0 radical (unpaired) electrons. The van der Waals surface area contributed by atoms with Gasteiger partial charge in [0.15, 0.2) is 6.23 Å². The minimum Gasteiger partial charge on any atom is -0.471 e. The second kappa shape index (κ2) is 8.20. The van der Waals surface area contributed by atoms with Crippen LogP contribution < -0.4 is 15.4 Å². The maximum absolute atomic E-state index is 12.0. The van der Waals surface area contributed by atoms with Crippen molar-refractivity contribution in [3.8, 4) is 5.75 Å². The molecule has 2 aromatic rings. The molecule has 2 amide bonds. The molecule has 0 saturated carbocycles. The molecule has 0 aliphatic carbocycles. The van der Waals surface area contributed by atoms with E-state index in [1.54, 1.807) is 6.92 Å². The molecule has 0 aliphatic heterocycles. The average molecular weight is 378 g/mol. The lowest BCUT2D eigenvalue weighted by Crippen LogP contribution is -2.39. The van der Waals surface area contributed by atoms with Crippen molar-refractivity contribution in [2.75, 3.05) is 5.32 Å². The first-order valence-corrected chi connectivity index (χ1v) is 9.51. The summed E-state index contributed by atoms with van der Waals surface area (Å²) in [6.45, 7) is 5.87. The minimum atomic E-state index is -4.33. The Bertz CT molecular complexity index is 863. The first kappa shape index (κ1) is 19.7. The summed E-state index contributed by atoms with van der Waals surface area (Å²) in [5.41, 5.74) is 1.42. The van der Waals surface area contributed by atoms with E-state index in [0.717, 1.165) is 6.07 Å². The van der Waals surface area contributed by atoms with Crippen molar-refractivity contribution < 1.29 is 22.5 Å². The molecule has 8 heteroatoms. The van der Waals surface area contributed by atoms with Crippen LogP contribution in [-0.2, 0) is 10.1 Å². The molecule has 140 valence electrons. The number of ether oxygens (including phenoxy) is 1. The Morgan fingerprint density at radius 2 is 1.73 bits per heavy atom. The number of urea groups is 1. The Kier molecular flexibility index (Phi) is 6.23. The zero-order valence-electron chi connectivity index (χ0n) is 14.8. The van der Waals surface area contributed by atoms with Crippen molar-refractivity contribution in [1.82, 2.24) is 5.32 Å². The number of benzene rings is 2. The molecule has 0 aromatic heterocycles. The average Bonchev–Trinajstić information content (AvgIpc) is 2.54. The molecular weight excluding hydrogens is 356 g/mol. The van der Waals surface area contributed by atoms with Gasteiger partial charge in [-0.3, -0.25) is 4.55 Å². The number of carbonyl (C=O) groups excluding carboxylic acids is 1. The number of anilines is 1. The van der Waals surface area contributed by atoms with Crippen LogP contribution in [0.2, 0.25) is 0 Å². The van der Waals surface area contributed by atoms with E-state index in [1.165, 1.54) is 23.8 Å². The van der Waals surface area contributed by atoms with E-state index < -0.39 is 22.4 Å². The fourth-order valence-corrected chi connectivity index (χ4v) is 2.78. The van der Waals surface area contributed by atoms with E-state index in [-0.39, 0.29) is 10.6 Å². The quantitative estimate of drug-likeness (QED) is 0.526. The molecule has 2 rings (SSSR count). The molecule has 0 fully saturated rings. The van der Waals surface area contributed by atoms with Gasteiger partial charge in [-0.25, -0.2) is 4.79 Å². The molecule has 3 N–H and O–H groups in total. The summed E-state index contributed by atoms with van der Waals surface area (Å²) in [4.78, 5) is 11.7. The molecular formula is C18H22N2O5S. The zero-order valence-corrected chi connectivity index (χ0v) is 15.6. The summed E-state index contributed by atoms with van der Waals surface area (Å²) in [5, 5.41) is 5.08. The van der Waals surface area contributed by atoms with Gasteiger partial charge in [0, 0.05) is 5.69 Å². The van der Waals surface area contributed by atoms with Gasteiger partial charge < -0.3 is 15.4 Å². The zero-order chi connectivity index (χ0) is 19.3. The van der Waals surface area contributed by atoms with E-state index in [2.05, 4.69) is 24.5 Å². The van der Waals surface area contributed by atoms with E-state index in [0.29, 0.717) is 11.7 Å². The van der Waals surface area contributed by atoms with Gasteiger partial charge in [0.05, 0.1) is 4.90 Å². The fourth-order valence-electron chi connectivity index (χ4n) is 2.25. The lowest BCUT2D eigenvalue weighted by molar-refractivity contribution is 0.183. The van der Waals surface area contributed by atoms with Crippen molar-refractivity contribution in [2.45, 2.75) is 37.8 Å². The monoisotopic (exact) mass is 378 g/mol. The highest BCUT2D eigenvalue weighted by molar-refractivity contribution is 7.85. The van der Waals surface area contributed by atoms with Gasteiger partial charge in [-0.2, -0.15) is 8.42 Å². The number of nitrogens with one attached hydrogen (secondary N) is 2. The summed E-state index contributed by atoms with van der Waals surface area (Å²) >= 11 is 0. The highest BCUT2D eigenvalue weighted by Gasteiger charge is 2.12. The Morgan fingerprint density at radius 3 is 2.31 bits per heavy atom. The van der Waals surface area contributed by atoms with E-state index in [9.17, 15) is 13.2 Å². The van der Waals surface area contributed by atoms with Gasteiger partial charge in [0.1, 0.15) is 5.75 Å². The van der Waals surface area contributed by atoms with Gasteiger partial charge in [-0.05, 0) is 48.7 Å². The predicted octanol–water partition coefficient (Wildman–Crippen LogP) is 3.60. The molecule has 0 heterocycles. The van der Waals surface area contributed by atoms with Crippen molar-refractivity contribution in [1.29, 1.82) is 0 Å². The maximum Gasteiger partial charge on any atom is 0.322 e. The normalized spacial score (nSPS) is 12.5. The summed E-state index contributed by atoms with van der Waals surface area (Å²) in [6, 6.07) is 12.3. The summed E-state index contributed by atoms with van der Waals surface area (Å²) in [7, 11) is -4.33. The van der Waals surface area contributed by atoms with Gasteiger partial charge in [0.25, 0.3) is 10.1 Å². The fraction of sp³-hybridized carbons (Fsp3) is 0.278. The number of amides is 2. The Balaban J connectivity index is 1.93. The highest BCUT2D eigenvalue weighted by atomic mass is 32.2. The number of hydrogen-bond donors (Lipinski definition) is 3. The number of hydrogen-bond acceptors (Lipinski definition) is 4. The van der Waals surface area contributed by atoms with E-state index in [4.69, 9.17) is 9.29 Å². The van der Waals surface area contributed by atoms with Crippen LogP contribution in [0.3, 0.4) is 0 Å². The van der Waals surface area contributed by atoms with Crippen molar-refractivity contribution in [3.63, 3.8) is 0 Å². The van der Waals surface area contributed by atoms with Crippen molar-refractivity contribution >= 4 is 21.8 Å². The Hall–Kier alpha value is -2.58. The van der Waals surface area contributed by atoms with Crippen LogP contribution in [0.5, 0.6) is 5.75 Å².